The number of carbonyl (C=O) groups excluding carboxylic acids is 1. The van der Waals surface area contributed by atoms with Crippen LogP contribution in [0.3, 0.4) is 0 Å². The lowest BCUT2D eigenvalue weighted by Gasteiger charge is -2.14. The van der Waals surface area contributed by atoms with Gasteiger partial charge >= 0.3 is 0 Å². The number of amides is 1. The Bertz CT molecular complexity index is 740. The van der Waals surface area contributed by atoms with Gasteiger partial charge in [0.1, 0.15) is 23.8 Å². The van der Waals surface area contributed by atoms with Crippen molar-refractivity contribution in [3.63, 3.8) is 0 Å². The van der Waals surface area contributed by atoms with Crippen molar-refractivity contribution < 1.29 is 9.18 Å². The van der Waals surface area contributed by atoms with E-state index in [1.807, 2.05) is 12.1 Å². The van der Waals surface area contributed by atoms with Crippen LogP contribution in [0.5, 0.6) is 0 Å². The molecular formula is C13H9FN4OS. The molecule has 0 aliphatic rings. The molecule has 2 N–H and O–H groups in total. The van der Waals surface area contributed by atoms with Crippen LogP contribution in [-0.2, 0) is 0 Å². The van der Waals surface area contributed by atoms with Gasteiger partial charge in [-0.25, -0.2) is 4.39 Å². The molecule has 1 heterocycles. The normalized spacial score (nSPS) is 9.95. The van der Waals surface area contributed by atoms with E-state index in [2.05, 4.69) is 0 Å². The molecular weight excluding hydrogens is 279 g/mol. The minimum absolute atomic E-state index is 0.0500. The van der Waals surface area contributed by atoms with Gasteiger partial charge in [-0.05, 0) is 12.1 Å². The summed E-state index contributed by atoms with van der Waals surface area (Å²) in [6.45, 7) is -0.439. The van der Waals surface area contributed by atoms with E-state index >= 15 is 0 Å². The number of hydrogen-bond acceptors (Lipinski definition) is 5. The topological polar surface area (TPSA) is 93.9 Å². The fourth-order valence-corrected chi connectivity index (χ4v) is 2.91. The zero-order valence-electron chi connectivity index (χ0n) is 10.3. The van der Waals surface area contributed by atoms with Crippen LogP contribution in [0.25, 0.3) is 10.1 Å². The number of nitriles is 2. The lowest BCUT2D eigenvalue weighted by molar-refractivity contribution is 0.0800. The van der Waals surface area contributed by atoms with Crippen LogP contribution >= 0.6 is 11.3 Å². The predicted octanol–water partition coefficient (Wildman–Crippen LogP) is 2.11. The predicted molar refractivity (Wildman–Crippen MR) is 73.3 cm³/mol. The summed E-state index contributed by atoms with van der Waals surface area (Å²) in [6.07, 6.45) is 0. The summed E-state index contributed by atoms with van der Waals surface area (Å²) >= 11 is 1.05. The minimum Gasteiger partial charge on any atom is -0.397 e. The SMILES string of the molecule is N#CCN(CC#N)C(=O)c1sc2cccc(F)c2c1N. The smallest absolute Gasteiger partial charge is 0.267 e. The molecule has 1 aromatic heterocycles. The lowest BCUT2D eigenvalue weighted by atomic mass is 10.2. The largest absolute Gasteiger partial charge is 0.397 e. The highest BCUT2D eigenvalue weighted by Gasteiger charge is 2.23. The van der Waals surface area contributed by atoms with Crippen molar-refractivity contribution in [1.82, 2.24) is 4.90 Å². The van der Waals surface area contributed by atoms with Crippen molar-refractivity contribution in [3.8, 4) is 12.1 Å². The molecule has 2 aromatic rings. The number of rotatable bonds is 3. The Kier molecular flexibility index (Phi) is 3.83. The molecule has 0 saturated heterocycles. The molecule has 2 rings (SSSR count). The molecule has 0 unspecified atom stereocenters. The first kappa shape index (κ1) is 13.8. The molecule has 0 atom stereocenters. The van der Waals surface area contributed by atoms with Gasteiger partial charge in [0.15, 0.2) is 0 Å². The van der Waals surface area contributed by atoms with E-state index in [9.17, 15) is 9.18 Å². The lowest BCUT2D eigenvalue weighted by Crippen LogP contribution is -2.31. The van der Waals surface area contributed by atoms with E-state index in [-0.39, 0.29) is 29.0 Å². The number of nitrogen functional groups attached to an aromatic ring is 1. The summed E-state index contributed by atoms with van der Waals surface area (Å²) < 4.78 is 14.3. The van der Waals surface area contributed by atoms with Crippen LogP contribution < -0.4 is 5.73 Å². The Hall–Kier alpha value is -2.64. The average molecular weight is 288 g/mol. The third-order valence-electron chi connectivity index (χ3n) is 2.71. The zero-order valence-corrected chi connectivity index (χ0v) is 11.1. The number of halogens is 1. The van der Waals surface area contributed by atoms with E-state index in [1.165, 1.54) is 12.1 Å². The molecule has 20 heavy (non-hydrogen) atoms. The maximum absolute atomic E-state index is 13.7. The van der Waals surface area contributed by atoms with E-state index in [0.29, 0.717) is 4.70 Å². The molecule has 1 amide bonds. The number of benzene rings is 1. The van der Waals surface area contributed by atoms with Crippen LogP contribution in [-0.4, -0.2) is 23.9 Å². The standard InChI is InChI=1S/C13H9FN4OS/c14-8-2-1-3-9-10(8)11(17)12(20-9)13(19)18(6-4-15)7-5-16/h1-3H,6-7,17H2. The first-order valence-corrected chi connectivity index (χ1v) is 6.41. The van der Waals surface area contributed by atoms with E-state index in [4.69, 9.17) is 16.3 Å². The fourth-order valence-electron chi connectivity index (χ4n) is 1.80. The molecule has 0 saturated carbocycles. The Morgan fingerprint density at radius 2 is 2.00 bits per heavy atom. The highest BCUT2D eigenvalue weighted by Crippen LogP contribution is 2.35. The van der Waals surface area contributed by atoms with Gasteiger partial charge in [0.05, 0.1) is 23.2 Å². The quantitative estimate of drug-likeness (QED) is 0.875. The van der Waals surface area contributed by atoms with Crippen molar-refractivity contribution in [2.45, 2.75) is 0 Å². The molecule has 0 bridgehead atoms. The molecule has 0 aliphatic carbocycles. The molecule has 0 radical (unpaired) electrons. The number of nitrogens with two attached hydrogens (primary N) is 1. The molecule has 100 valence electrons. The molecule has 0 fully saturated rings. The second kappa shape index (κ2) is 5.55. The van der Waals surface area contributed by atoms with Crippen molar-refractivity contribution in [2.24, 2.45) is 0 Å². The van der Waals surface area contributed by atoms with E-state index in [1.54, 1.807) is 6.07 Å². The second-order valence-electron chi connectivity index (χ2n) is 3.94. The summed E-state index contributed by atoms with van der Waals surface area (Å²) in [5, 5.41) is 17.5. The maximum Gasteiger partial charge on any atom is 0.267 e. The number of carbonyl (C=O) groups is 1. The first-order valence-electron chi connectivity index (χ1n) is 5.59. The van der Waals surface area contributed by atoms with Gasteiger partial charge in [0.2, 0.25) is 0 Å². The van der Waals surface area contributed by atoms with E-state index in [0.717, 1.165) is 16.2 Å². The monoisotopic (exact) mass is 288 g/mol. The third kappa shape index (κ3) is 2.27. The number of thiophene rings is 1. The minimum atomic E-state index is -0.536. The van der Waals surface area contributed by atoms with Crippen LogP contribution in [0.15, 0.2) is 18.2 Å². The van der Waals surface area contributed by atoms with Gasteiger partial charge in [0, 0.05) is 4.70 Å². The van der Waals surface area contributed by atoms with Gasteiger partial charge < -0.3 is 10.6 Å². The Morgan fingerprint density at radius 3 is 2.55 bits per heavy atom. The van der Waals surface area contributed by atoms with Crippen LogP contribution in [0, 0.1) is 28.5 Å². The zero-order chi connectivity index (χ0) is 14.7. The molecule has 1 aromatic carbocycles. The van der Waals surface area contributed by atoms with Crippen LogP contribution in [0.4, 0.5) is 10.1 Å². The Morgan fingerprint density at radius 1 is 1.35 bits per heavy atom. The van der Waals surface area contributed by atoms with Crippen molar-refractivity contribution in [2.75, 3.05) is 18.8 Å². The maximum atomic E-state index is 13.7. The summed E-state index contributed by atoms with van der Waals surface area (Å²) in [7, 11) is 0. The summed E-state index contributed by atoms with van der Waals surface area (Å²) in [5.41, 5.74) is 5.88. The second-order valence-corrected chi connectivity index (χ2v) is 4.99. The summed E-state index contributed by atoms with van der Waals surface area (Å²) in [4.78, 5) is 13.5. The number of anilines is 1. The Labute approximate surface area is 118 Å². The average Bonchev–Trinajstić information content (AvgIpc) is 2.76. The molecule has 0 spiro atoms. The molecule has 0 aliphatic heterocycles. The number of hydrogen-bond donors (Lipinski definition) is 1. The van der Waals surface area contributed by atoms with Crippen molar-refractivity contribution in [1.29, 1.82) is 10.5 Å². The van der Waals surface area contributed by atoms with Gasteiger partial charge in [-0.2, -0.15) is 10.5 Å². The van der Waals surface area contributed by atoms with Gasteiger partial charge in [-0.15, -0.1) is 11.3 Å². The van der Waals surface area contributed by atoms with Crippen molar-refractivity contribution >= 4 is 33.0 Å². The third-order valence-corrected chi connectivity index (χ3v) is 3.86. The summed E-state index contributed by atoms with van der Waals surface area (Å²) in [5.74, 6) is -1.03. The number of nitrogens with zero attached hydrogens (tertiary/aromatic N) is 3. The number of fused-ring (bicyclic) bond motifs is 1. The van der Waals surface area contributed by atoms with Crippen molar-refractivity contribution in [3.05, 3.63) is 28.9 Å². The van der Waals surface area contributed by atoms with Gasteiger partial charge in [-0.3, -0.25) is 4.79 Å². The fraction of sp³-hybridized carbons (Fsp3) is 0.154. The van der Waals surface area contributed by atoms with Gasteiger partial charge in [-0.1, -0.05) is 6.07 Å². The highest BCUT2D eigenvalue weighted by atomic mass is 32.1. The van der Waals surface area contributed by atoms with Gasteiger partial charge in [0.25, 0.3) is 5.91 Å². The van der Waals surface area contributed by atoms with E-state index < -0.39 is 11.7 Å². The summed E-state index contributed by atoms with van der Waals surface area (Å²) in [6, 6.07) is 8.08. The van der Waals surface area contributed by atoms with Crippen LogP contribution in [0.2, 0.25) is 0 Å². The molecule has 7 heteroatoms. The Balaban J connectivity index is 2.50. The first-order chi connectivity index (χ1) is 9.60. The highest BCUT2D eigenvalue weighted by molar-refractivity contribution is 7.21. The molecule has 5 nitrogen and oxygen atoms in total. The van der Waals surface area contributed by atoms with Crippen LogP contribution in [0.1, 0.15) is 9.67 Å².